The van der Waals surface area contributed by atoms with Crippen LogP contribution in [0.5, 0.6) is 0 Å². The van der Waals surface area contributed by atoms with E-state index in [9.17, 15) is 0 Å². The van der Waals surface area contributed by atoms with Crippen LogP contribution in [0.3, 0.4) is 0 Å². The molecule has 1 atom stereocenters. The van der Waals surface area contributed by atoms with Gasteiger partial charge in [0, 0.05) is 5.56 Å². The molecule has 108 valence electrons. The van der Waals surface area contributed by atoms with Crippen LogP contribution in [0.4, 0.5) is 0 Å². The molecule has 0 fully saturated rings. The lowest BCUT2D eigenvalue weighted by Gasteiger charge is -1.98. The van der Waals surface area contributed by atoms with Gasteiger partial charge >= 0.3 is 0 Å². The third kappa shape index (κ3) is 3.13. The second-order valence-electron chi connectivity index (χ2n) is 4.73. The molecule has 0 radical (unpaired) electrons. The van der Waals surface area contributed by atoms with Crippen LogP contribution in [0.15, 0.2) is 47.2 Å². The maximum absolute atomic E-state index is 6.14. The van der Waals surface area contributed by atoms with Gasteiger partial charge in [0.25, 0.3) is 0 Å². The molecule has 1 unspecified atom stereocenters. The van der Waals surface area contributed by atoms with Crippen molar-refractivity contribution < 1.29 is 4.42 Å². The van der Waals surface area contributed by atoms with Gasteiger partial charge in [-0.2, -0.15) is 0 Å². The molecule has 0 saturated carbocycles. The maximum atomic E-state index is 6.14. The molecule has 21 heavy (non-hydrogen) atoms. The van der Waals surface area contributed by atoms with E-state index in [1.54, 1.807) is 10.9 Å². The standard InChI is InChI=1S/C15H15ClN4O/c1-2-13(16)14-9-20(19-18-14)8-12-10-21-15(17-12)11-6-4-3-5-7-11/h3-7,9-10,13H,2,8H2,1H3. The lowest BCUT2D eigenvalue weighted by molar-refractivity contribution is 0.568. The summed E-state index contributed by atoms with van der Waals surface area (Å²) in [6.45, 7) is 2.52. The summed E-state index contributed by atoms with van der Waals surface area (Å²) in [6.07, 6.45) is 4.31. The number of oxazole rings is 1. The van der Waals surface area contributed by atoms with Crippen LogP contribution in [0.1, 0.15) is 30.1 Å². The Bertz CT molecular complexity index is 707. The first kappa shape index (κ1) is 13.8. The van der Waals surface area contributed by atoms with E-state index in [4.69, 9.17) is 16.0 Å². The average Bonchev–Trinajstić information content (AvgIpc) is 3.17. The van der Waals surface area contributed by atoms with Crippen LogP contribution < -0.4 is 0 Å². The fraction of sp³-hybridized carbons (Fsp3) is 0.267. The third-order valence-corrected chi connectivity index (χ3v) is 3.66. The zero-order valence-electron chi connectivity index (χ0n) is 11.6. The summed E-state index contributed by atoms with van der Waals surface area (Å²) in [5.41, 5.74) is 2.54. The predicted molar refractivity (Wildman–Crippen MR) is 79.9 cm³/mol. The Morgan fingerprint density at radius 1 is 1.29 bits per heavy atom. The zero-order valence-corrected chi connectivity index (χ0v) is 12.4. The van der Waals surface area contributed by atoms with Crippen LogP contribution in [0.25, 0.3) is 11.5 Å². The zero-order chi connectivity index (χ0) is 14.7. The maximum Gasteiger partial charge on any atom is 0.226 e. The Kier molecular flexibility index (Phi) is 4.01. The lowest BCUT2D eigenvalue weighted by atomic mass is 10.2. The van der Waals surface area contributed by atoms with Gasteiger partial charge in [0.15, 0.2) is 0 Å². The molecular formula is C15H15ClN4O. The lowest BCUT2D eigenvalue weighted by Crippen LogP contribution is -2.00. The minimum absolute atomic E-state index is 0.101. The van der Waals surface area contributed by atoms with Crippen molar-refractivity contribution in [3.05, 3.63) is 54.2 Å². The van der Waals surface area contributed by atoms with E-state index in [0.717, 1.165) is 23.4 Å². The van der Waals surface area contributed by atoms with Gasteiger partial charge in [-0.05, 0) is 18.6 Å². The molecule has 0 bridgehead atoms. The van der Waals surface area contributed by atoms with Crippen molar-refractivity contribution in [2.75, 3.05) is 0 Å². The van der Waals surface area contributed by atoms with E-state index in [0.29, 0.717) is 12.4 Å². The van der Waals surface area contributed by atoms with Gasteiger partial charge in [-0.25, -0.2) is 9.67 Å². The highest BCUT2D eigenvalue weighted by molar-refractivity contribution is 6.20. The van der Waals surface area contributed by atoms with Crippen LogP contribution in [-0.4, -0.2) is 20.0 Å². The Hall–Kier alpha value is -2.14. The first-order valence-electron chi connectivity index (χ1n) is 6.80. The highest BCUT2D eigenvalue weighted by Gasteiger charge is 2.12. The van der Waals surface area contributed by atoms with E-state index in [1.165, 1.54) is 0 Å². The molecule has 0 aliphatic rings. The fourth-order valence-corrected chi connectivity index (χ4v) is 2.10. The smallest absolute Gasteiger partial charge is 0.226 e. The topological polar surface area (TPSA) is 56.7 Å². The van der Waals surface area contributed by atoms with E-state index >= 15 is 0 Å². The average molecular weight is 303 g/mol. The number of nitrogens with zero attached hydrogens (tertiary/aromatic N) is 4. The summed E-state index contributed by atoms with van der Waals surface area (Å²) >= 11 is 6.14. The molecule has 5 nitrogen and oxygen atoms in total. The second-order valence-corrected chi connectivity index (χ2v) is 5.25. The molecular weight excluding hydrogens is 288 g/mol. The molecule has 6 heteroatoms. The van der Waals surface area contributed by atoms with Crippen LogP contribution in [-0.2, 0) is 6.54 Å². The Labute approximate surface area is 127 Å². The summed E-state index contributed by atoms with van der Waals surface area (Å²) < 4.78 is 7.21. The molecule has 0 N–H and O–H groups in total. The number of rotatable bonds is 5. The predicted octanol–water partition coefficient (Wildman–Crippen LogP) is 3.67. The molecule has 0 aliphatic carbocycles. The number of hydrogen-bond acceptors (Lipinski definition) is 4. The van der Waals surface area contributed by atoms with Gasteiger partial charge in [0.2, 0.25) is 5.89 Å². The SMILES string of the molecule is CCC(Cl)c1cn(Cc2coc(-c3ccccc3)n2)nn1. The van der Waals surface area contributed by atoms with Crippen molar-refractivity contribution in [1.29, 1.82) is 0 Å². The van der Waals surface area contributed by atoms with Gasteiger partial charge in [-0.15, -0.1) is 16.7 Å². The monoisotopic (exact) mass is 302 g/mol. The van der Waals surface area contributed by atoms with Crippen molar-refractivity contribution in [1.82, 2.24) is 20.0 Å². The van der Waals surface area contributed by atoms with E-state index in [-0.39, 0.29) is 5.38 Å². The molecule has 0 saturated heterocycles. The second kappa shape index (κ2) is 6.10. The minimum Gasteiger partial charge on any atom is -0.444 e. The molecule has 3 rings (SSSR count). The fourth-order valence-electron chi connectivity index (χ4n) is 2.00. The number of halogens is 1. The molecule has 3 aromatic rings. The van der Waals surface area contributed by atoms with Gasteiger partial charge in [-0.1, -0.05) is 30.3 Å². The summed E-state index contributed by atoms with van der Waals surface area (Å²) in [5, 5.41) is 8.03. The van der Waals surface area contributed by atoms with E-state index in [2.05, 4.69) is 15.3 Å². The summed E-state index contributed by atoms with van der Waals surface area (Å²) in [5.74, 6) is 0.606. The summed E-state index contributed by atoms with van der Waals surface area (Å²) in [7, 11) is 0. The van der Waals surface area contributed by atoms with Crippen LogP contribution in [0.2, 0.25) is 0 Å². The third-order valence-electron chi connectivity index (χ3n) is 3.13. The molecule has 0 aliphatic heterocycles. The van der Waals surface area contributed by atoms with E-state index < -0.39 is 0 Å². The van der Waals surface area contributed by atoms with Crippen LogP contribution in [0, 0.1) is 0 Å². The molecule has 1 aromatic carbocycles. The highest BCUT2D eigenvalue weighted by atomic mass is 35.5. The molecule has 2 heterocycles. The Morgan fingerprint density at radius 2 is 2.10 bits per heavy atom. The minimum atomic E-state index is -0.101. The summed E-state index contributed by atoms with van der Waals surface area (Å²) in [4.78, 5) is 4.46. The van der Waals surface area contributed by atoms with Crippen molar-refractivity contribution in [2.45, 2.75) is 25.3 Å². The van der Waals surface area contributed by atoms with Gasteiger partial charge in [0.05, 0.1) is 18.1 Å². The largest absolute Gasteiger partial charge is 0.444 e. The first-order valence-corrected chi connectivity index (χ1v) is 7.24. The van der Waals surface area contributed by atoms with Crippen molar-refractivity contribution >= 4 is 11.6 Å². The normalized spacial score (nSPS) is 12.5. The summed E-state index contributed by atoms with van der Waals surface area (Å²) in [6, 6.07) is 9.79. The first-order chi connectivity index (χ1) is 10.3. The number of alkyl halides is 1. The quantitative estimate of drug-likeness (QED) is 0.675. The number of hydrogen-bond donors (Lipinski definition) is 0. The van der Waals surface area contributed by atoms with E-state index in [1.807, 2.05) is 43.5 Å². The van der Waals surface area contributed by atoms with Crippen LogP contribution >= 0.6 is 11.6 Å². The van der Waals surface area contributed by atoms with Crippen molar-refractivity contribution in [3.63, 3.8) is 0 Å². The van der Waals surface area contributed by atoms with Gasteiger partial charge in [-0.3, -0.25) is 0 Å². The van der Waals surface area contributed by atoms with Crippen molar-refractivity contribution in [3.8, 4) is 11.5 Å². The molecule has 2 aromatic heterocycles. The Morgan fingerprint density at radius 3 is 2.86 bits per heavy atom. The van der Waals surface area contributed by atoms with Gasteiger partial charge in [0.1, 0.15) is 17.7 Å². The Balaban J connectivity index is 1.74. The highest BCUT2D eigenvalue weighted by Crippen LogP contribution is 2.21. The number of benzene rings is 1. The molecule has 0 amide bonds. The number of aromatic nitrogens is 4. The van der Waals surface area contributed by atoms with Crippen molar-refractivity contribution in [2.24, 2.45) is 0 Å². The molecule has 0 spiro atoms. The van der Waals surface area contributed by atoms with Gasteiger partial charge < -0.3 is 4.42 Å².